The molecule has 3 amide bonds. The van der Waals surface area contributed by atoms with E-state index in [4.69, 9.17) is 5.11 Å². The van der Waals surface area contributed by atoms with Gasteiger partial charge in [0.1, 0.15) is 12.2 Å². The van der Waals surface area contributed by atoms with Gasteiger partial charge in [0.15, 0.2) is 0 Å². The van der Waals surface area contributed by atoms with Crippen LogP contribution in [-0.2, 0) is 14.3 Å². The van der Waals surface area contributed by atoms with Gasteiger partial charge in [0.05, 0.1) is 12.7 Å². The monoisotopic (exact) mass is 369 g/mol. The van der Waals surface area contributed by atoms with Gasteiger partial charge in [-0.25, -0.2) is 14.5 Å². The van der Waals surface area contributed by atoms with Crippen LogP contribution in [0.15, 0.2) is 48.3 Å². The van der Waals surface area contributed by atoms with E-state index >= 15 is 0 Å². The molecule has 1 aliphatic rings. The zero-order valence-corrected chi connectivity index (χ0v) is 14.2. The van der Waals surface area contributed by atoms with Crippen molar-refractivity contribution >= 4 is 30.0 Å². The van der Waals surface area contributed by atoms with Gasteiger partial charge in [-0.2, -0.15) is 0 Å². The molecule has 9 heteroatoms. The van der Waals surface area contributed by atoms with Crippen molar-refractivity contribution < 1.29 is 29.0 Å². The lowest BCUT2D eigenvalue weighted by Crippen LogP contribution is -2.36. The van der Waals surface area contributed by atoms with Crippen molar-refractivity contribution in [2.24, 2.45) is 0 Å². The summed E-state index contributed by atoms with van der Waals surface area (Å²) in [6, 6.07) is 8.98. The minimum atomic E-state index is -1.06. The van der Waals surface area contributed by atoms with Crippen LogP contribution in [0.5, 0.6) is 0 Å². The number of benzene rings is 1. The molecule has 1 saturated heterocycles. The number of hydrogen-bond donors (Lipinski definition) is 2. The van der Waals surface area contributed by atoms with Gasteiger partial charge in [-0.05, 0) is 36.4 Å². The summed E-state index contributed by atoms with van der Waals surface area (Å²) in [5.74, 6) is -2.42. The summed E-state index contributed by atoms with van der Waals surface area (Å²) in [5.41, 5.74) is 1.24. The Labute approximate surface area is 153 Å². The average molecular weight is 369 g/mol. The van der Waals surface area contributed by atoms with Crippen LogP contribution in [0, 0.1) is 0 Å². The summed E-state index contributed by atoms with van der Waals surface area (Å²) < 4.78 is 6.14. The van der Waals surface area contributed by atoms with E-state index in [1.165, 1.54) is 18.2 Å². The fourth-order valence-electron chi connectivity index (χ4n) is 2.59. The summed E-state index contributed by atoms with van der Waals surface area (Å²) in [4.78, 5) is 47.5. The molecule has 0 aliphatic carbocycles. The van der Waals surface area contributed by atoms with Gasteiger partial charge < -0.3 is 19.7 Å². The number of esters is 1. The Morgan fingerprint density at radius 2 is 2.00 bits per heavy atom. The van der Waals surface area contributed by atoms with E-state index in [1.807, 2.05) is 0 Å². The second kappa shape index (κ2) is 7.16. The lowest BCUT2D eigenvalue weighted by Gasteiger charge is -2.09. The van der Waals surface area contributed by atoms with Gasteiger partial charge in [0.2, 0.25) is 0 Å². The minimum Gasteiger partial charge on any atom is -0.478 e. The Kier molecular flexibility index (Phi) is 4.75. The summed E-state index contributed by atoms with van der Waals surface area (Å²) in [6.45, 7) is -0.486. The molecule has 0 spiro atoms. The van der Waals surface area contributed by atoms with Gasteiger partial charge in [-0.1, -0.05) is 6.07 Å². The third-order valence-corrected chi connectivity index (χ3v) is 3.92. The molecule has 27 heavy (non-hydrogen) atoms. The van der Waals surface area contributed by atoms with E-state index < -0.39 is 30.4 Å². The fourth-order valence-corrected chi connectivity index (χ4v) is 2.59. The maximum atomic E-state index is 12.4. The molecule has 0 atom stereocenters. The van der Waals surface area contributed by atoms with Crippen LogP contribution >= 0.6 is 0 Å². The number of urea groups is 1. The fraction of sp³-hybridized carbons (Fsp3) is 0.111. The smallest absolute Gasteiger partial charge is 0.335 e. The van der Waals surface area contributed by atoms with E-state index in [-0.39, 0.29) is 11.3 Å². The summed E-state index contributed by atoms with van der Waals surface area (Å²) in [6.07, 6.45) is 3.14. The number of carboxylic acid groups (broad SMARTS) is 1. The molecule has 2 heterocycles. The molecule has 2 N–H and O–H groups in total. The molecule has 0 radical (unpaired) electrons. The molecule has 0 unspecified atom stereocenters. The second-order valence-electron chi connectivity index (χ2n) is 5.61. The van der Waals surface area contributed by atoms with Crippen molar-refractivity contribution in [2.75, 3.05) is 13.7 Å². The van der Waals surface area contributed by atoms with Crippen LogP contribution in [0.4, 0.5) is 4.79 Å². The van der Waals surface area contributed by atoms with Crippen molar-refractivity contribution in [1.29, 1.82) is 0 Å². The number of nitrogens with one attached hydrogen (secondary N) is 1. The number of methoxy groups -OCH3 is 1. The standard InChI is InChI=1S/C18H15N3O6/c1-27-15(22)10-21-16(23)14(19-18(21)26)9-13-6-3-7-20(13)12-5-2-4-11(8-12)17(24)25/h2-9H,10H2,1H3,(H,19,26)(H,24,25)/b14-9+. The highest BCUT2D eigenvalue weighted by molar-refractivity contribution is 6.15. The summed E-state index contributed by atoms with van der Waals surface area (Å²) >= 11 is 0. The lowest BCUT2D eigenvalue weighted by atomic mass is 10.2. The molecule has 9 nitrogen and oxygen atoms in total. The van der Waals surface area contributed by atoms with E-state index in [1.54, 1.807) is 35.0 Å². The van der Waals surface area contributed by atoms with Crippen LogP contribution < -0.4 is 5.32 Å². The molecule has 1 fully saturated rings. The number of carboxylic acids is 1. The summed E-state index contributed by atoms with van der Waals surface area (Å²) in [5, 5.41) is 11.5. The number of ether oxygens (including phenoxy) is 1. The van der Waals surface area contributed by atoms with E-state index in [2.05, 4.69) is 10.1 Å². The maximum absolute atomic E-state index is 12.4. The number of rotatable bonds is 5. The Bertz CT molecular complexity index is 975. The van der Waals surface area contributed by atoms with Gasteiger partial charge in [-0.3, -0.25) is 9.59 Å². The van der Waals surface area contributed by atoms with E-state index in [0.717, 1.165) is 12.0 Å². The predicted molar refractivity (Wildman–Crippen MR) is 93.0 cm³/mol. The second-order valence-corrected chi connectivity index (χ2v) is 5.61. The first-order valence-corrected chi connectivity index (χ1v) is 7.83. The molecule has 0 bridgehead atoms. The first-order valence-electron chi connectivity index (χ1n) is 7.83. The number of amides is 3. The molecule has 2 aromatic rings. The number of imide groups is 1. The normalized spacial score (nSPS) is 15.1. The van der Waals surface area contributed by atoms with Crippen LogP contribution in [0.25, 0.3) is 11.8 Å². The summed E-state index contributed by atoms with van der Waals surface area (Å²) in [7, 11) is 1.16. The number of carbonyl (C=O) groups excluding carboxylic acids is 3. The molecular weight excluding hydrogens is 354 g/mol. The Morgan fingerprint density at radius 1 is 1.22 bits per heavy atom. The highest BCUT2D eigenvalue weighted by Crippen LogP contribution is 2.19. The highest BCUT2D eigenvalue weighted by Gasteiger charge is 2.35. The quantitative estimate of drug-likeness (QED) is 0.465. The Morgan fingerprint density at radius 3 is 2.70 bits per heavy atom. The number of nitrogens with zero attached hydrogens (tertiary/aromatic N) is 2. The van der Waals surface area contributed by atoms with Gasteiger partial charge in [0, 0.05) is 17.6 Å². The first kappa shape index (κ1) is 17.9. The maximum Gasteiger partial charge on any atom is 0.335 e. The molecule has 0 saturated carbocycles. The molecule has 1 aliphatic heterocycles. The van der Waals surface area contributed by atoms with E-state index in [9.17, 15) is 19.2 Å². The Balaban J connectivity index is 1.92. The zero-order valence-electron chi connectivity index (χ0n) is 14.2. The molecule has 3 rings (SSSR count). The first-order chi connectivity index (χ1) is 12.9. The van der Waals surface area contributed by atoms with Crippen molar-refractivity contribution in [2.45, 2.75) is 0 Å². The van der Waals surface area contributed by atoms with Crippen LogP contribution in [0.3, 0.4) is 0 Å². The van der Waals surface area contributed by atoms with Gasteiger partial charge in [0.25, 0.3) is 5.91 Å². The highest BCUT2D eigenvalue weighted by atomic mass is 16.5. The largest absolute Gasteiger partial charge is 0.478 e. The van der Waals surface area contributed by atoms with Gasteiger partial charge in [-0.15, -0.1) is 0 Å². The molecule has 1 aromatic heterocycles. The number of aromatic carboxylic acids is 1. The van der Waals surface area contributed by atoms with Crippen molar-refractivity contribution in [3.8, 4) is 5.69 Å². The van der Waals surface area contributed by atoms with E-state index in [0.29, 0.717) is 11.4 Å². The van der Waals surface area contributed by atoms with Crippen LogP contribution in [0.2, 0.25) is 0 Å². The van der Waals surface area contributed by atoms with Crippen molar-refractivity contribution in [3.05, 3.63) is 59.5 Å². The van der Waals surface area contributed by atoms with Gasteiger partial charge >= 0.3 is 18.0 Å². The number of carbonyl (C=O) groups is 4. The van der Waals surface area contributed by atoms with Crippen LogP contribution in [0.1, 0.15) is 16.1 Å². The van der Waals surface area contributed by atoms with Crippen LogP contribution in [-0.4, -0.2) is 52.1 Å². The third kappa shape index (κ3) is 3.56. The number of aromatic nitrogens is 1. The topological polar surface area (TPSA) is 118 Å². The Hall–Kier alpha value is -3.88. The minimum absolute atomic E-state index is 0.00163. The number of hydrogen-bond acceptors (Lipinski definition) is 5. The average Bonchev–Trinajstić information content (AvgIpc) is 3.22. The molecule has 1 aromatic carbocycles. The lowest BCUT2D eigenvalue weighted by molar-refractivity contribution is -0.143. The predicted octanol–water partition coefficient (Wildman–Crippen LogP) is 1.24. The molecule has 138 valence electrons. The SMILES string of the molecule is COC(=O)CN1C(=O)N/C(=C/c2cccn2-c2cccc(C(=O)O)c2)C1=O. The van der Waals surface area contributed by atoms with Crippen molar-refractivity contribution in [3.63, 3.8) is 0 Å². The zero-order chi connectivity index (χ0) is 19.6. The molecular formula is C18H15N3O6. The third-order valence-electron chi connectivity index (χ3n) is 3.92. The van der Waals surface area contributed by atoms with Crippen molar-refractivity contribution in [1.82, 2.24) is 14.8 Å².